The van der Waals surface area contributed by atoms with E-state index in [9.17, 15) is 9.59 Å². The minimum atomic E-state index is -0.502. The summed E-state index contributed by atoms with van der Waals surface area (Å²) in [7, 11) is 0. The molecule has 6 heteroatoms. The number of hydrogen-bond acceptors (Lipinski definition) is 4. The summed E-state index contributed by atoms with van der Waals surface area (Å²) in [6.45, 7) is 5.50. The second-order valence-corrected chi connectivity index (χ2v) is 7.13. The van der Waals surface area contributed by atoms with E-state index >= 15 is 0 Å². The second kappa shape index (κ2) is 6.47. The van der Waals surface area contributed by atoms with E-state index in [-0.39, 0.29) is 17.9 Å². The molecule has 2 amide bonds. The van der Waals surface area contributed by atoms with Crippen molar-refractivity contribution >= 4 is 29.0 Å². The average Bonchev–Trinajstić information content (AvgIpc) is 2.97. The van der Waals surface area contributed by atoms with Crippen LogP contribution in [0.15, 0.2) is 16.8 Å². The van der Waals surface area contributed by atoms with E-state index in [0.29, 0.717) is 6.42 Å². The largest absolute Gasteiger partial charge is 0.444 e. The van der Waals surface area contributed by atoms with Gasteiger partial charge in [0.1, 0.15) is 5.60 Å². The molecule has 0 aliphatic heterocycles. The number of carbonyl (C=O) groups is 2. The Morgan fingerprint density at radius 2 is 2.10 bits per heavy atom. The van der Waals surface area contributed by atoms with Gasteiger partial charge in [0, 0.05) is 17.3 Å². The third kappa shape index (κ3) is 5.04. The Morgan fingerprint density at radius 1 is 1.33 bits per heavy atom. The average molecular weight is 310 g/mol. The van der Waals surface area contributed by atoms with Crippen LogP contribution in [0.3, 0.4) is 0 Å². The van der Waals surface area contributed by atoms with Crippen molar-refractivity contribution in [3.8, 4) is 0 Å². The molecule has 1 aromatic heterocycles. The van der Waals surface area contributed by atoms with Gasteiger partial charge in [-0.05, 0) is 51.5 Å². The minimum absolute atomic E-state index is 0.0121. The Morgan fingerprint density at radius 3 is 2.71 bits per heavy atom. The molecule has 2 N–H and O–H groups in total. The lowest BCUT2D eigenvalue weighted by atomic mass is 10.1. The van der Waals surface area contributed by atoms with Crippen LogP contribution in [0.25, 0.3) is 0 Å². The Balaban J connectivity index is 1.78. The molecule has 2 atom stereocenters. The molecule has 1 saturated carbocycles. The maximum absolute atomic E-state index is 12.1. The third-order valence-corrected chi connectivity index (χ3v) is 4.00. The molecule has 1 aromatic rings. The molecule has 116 valence electrons. The highest BCUT2D eigenvalue weighted by Gasteiger charge is 2.31. The first kappa shape index (κ1) is 15.8. The first-order chi connectivity index (χ1) is 9.83. The highest BCUT2D eigenvalue weighted by molar-refractivity contribution is 7.08. The van der Waals surface area contributed by atoms with Crippen molar-refractivity contribution in [2.75, 3.05) is 5.32 Å². The summed E-state index contributed by atoms with van der Waals surface area (Å²) in [4.78, 5) is 23.8. The van der Waals surface area contributed by atoms with Crippen molar-refractivity contribution in [1.29, 1.82) is 0 Å². The van der Waals surface area contributed by atoms with Gasteiger partial charge in [0.05, 0.1) is 5.69 Å². The molecule has 1 aliphatic rings. The van der Waals surface area contributed by atoms with Crippen LogP contribution in [0.5, 0.6) is 0 Å². The Hall–Kier alpha value is -1.56. The smallest absolute Gasteiger partial charge is 0.407 e. The molecule has 1 aliphatic carbocycles. The molecule has 0 bridgehead atoms. The van der Waals surface area contributed by atoms with Crippen LogP contribution in [0, 0.1) is 5.92 Å². The number of amides is 2. The number of carbonyl (C=O) groups excluding carboxylic acids is 2. The van der Waals surface area contributed by atoms with Gasteiger partial charge in [0.15, 0.2) is 0 Å². The molecule has 2 rings (SSSR count). The van der Waals surface area contributed by atoms with E-state index in [2.05, 4.69) is 10.6 Å². The predicted molar refractivity (Wildman–Crippen MR) is 83.4 cm³/mol. The van der Waals surface area contributed by atoms with Gasteiger partial charge in [-0.2, -0.15) is 11.3 Å². The molecular weight excluding hydrogens is 288 g/mol. The van der Waals surface area contributed by atoms with E-state index in [0.717, 1.165) is 18.5 Å². The Labute approximate surface area is 129 Å². The fourth-order valence-electron chi connectivity index (χ4n) is 2.40. The monoisotopic (exact) mass is 310 g/mol. The number of hydrogen-bond donors (Lipinski definition) is 2. The first-order valence-corrected chi connectivity index (χ1v) is 8.10. The van der Waals surface area contributed by atoms with E-state index < -0.39 is 11.7 Å². The maximum Gasteiger partial charge on any atom is 0.407 e. The molecule has 1 fully saturated rings. The van der Waals surface area contributed by atoms with E-state index in [1.165, 1.54) is 0 Å². The summed E-state index contributed by atoms with van der Waals surface area (Å²) in [5.41, 5.74) is 0.340. The van der Waals surface area contributed by atoms with Crippen molar-refractivity contribution in [3.05, 3.63) is 16.8 Å². The number of ether oxygens (including phenoxy) is 1. The van der Waals surface area contributed by atoms with Gasteiger partial charge in [-0.1, -0.05) is 0 Å². The van der Waals surface area contributed by atoms with Gasteiger partial charge >= 0.3 is 6.09 Å². The van der Waals surface area contributed by atoms with Crippen molar-refractivity contribution in [3.63, 3.8) is 0 Å². The van der Waals surface area contributed by atoms with Crippen LogP contribution in [-0.2, 0) is 9.53 Å². The van der Waals surface area contributed by atoms with Crippen LogP contribution in [0.1, 0.15) is 40.0 Å². The van der Waals surface area contributed by atoms with Crippen molar-refractivity contribution in [1.82, 2.24) is 5.32 Å². The zero-order valence-electron chi connectivity index (χ0n) is 12.6. The number of alkyl carbamates (subject to hydrolysis) is 1. The summed E-state index contributed by atoms with van der Waals surface area (Å²) in [6.07, 6.45) is 1.85. The van der Waals surface area contributed by atoms with Gasteiger partial charge in [0.25, 0.3) is 0 Å². The number of thiophene rings is 1. The SMILES string of the molecule is CC(C)(C)OC(=O)N[C@@H]1CC[C@H](C(=O)Nc2ccsc2)C1. The van der Waals surface area contributed by atoms with Crippen LogP contribution in [0.2, 0.25) is 0 Å². The van der Waals surface area contributed by atoms with Crippen LogP contribution < -0.4 is 10.6 Å². The quantitative estimate of drug-likeness (QED) is 0.899. The lowest BCUT2D eigenvalue weighted by Crippen LogP contribution is -2.38. The first-order valence-electron chi connectivity index (χ1n) is 7.16. The van der Waals surface area contributed by atoms with E-state index in [1.807, 2.05) is 37.6 Å². The molecule has 0 radical (unpaired) electrons. The molecule has 0 saturated heterocycles. The molecule has 0 unspecified atom stereocenters. The molecule has 5 nitrogen and oxygen atoms in total. The molecule has 0 aromatic carbocycles. The minimum Gasteiger partial charge on any atom is -0.444 e. The number of anilines is 1. The summed E-state index contributed by atoms with van der Waals surface area (Å²) in [6, 6.07) is 1.89. The lowest BCUT2D eigenvalue weighted by molar-refractivity contribution is -0.119. The number of rotatable bonds is 3. The van der Waals surface area contributed by atoms with Gasteiger partial charge < -0.3 is 15.4 Å². The fraction of sp³-hybridized carbons (Fsp3) is 0.600. The van der Waals surface area contributed by atoms with E-state index in [4.69, 9.17) is 4.74 Å². The van der Waals surface area contributed by atoms with Crippen molar-refractivity contribution in [2.24, 2.45) is 5.92 Å². The van der Waals surface area contributed by atoms with Crippen molar-refractivity contribution in [2.45, 2.75) is 51.7 Å². The van der Waals surface area contributed by atoms with Gasteiger partial charge in [0.2, 0.25) is 5.91 Å². The fourth-order valence-corrected chi connectivity index (χ4v) is 2.99. The second-order valence-electron chi connectivity index (χ2n) is 6.35. The van der Waals surface area contributed by atoms with Crippen LogP contribution >= 0.6 is 11.3 Å². The van der Waals surface area contributed by atoms with E-state index in [1.54, 1.807) is 11.3 Å². The Kier molecular flexibility index (Phi) is 4.88. The molecule has 1 heterocycles. The lowest BCUT2D eigenvalue weighted by Gasteiger charge is -2.21. The predicted octanol–water partition coefficient (Wildman–Crippen LogP) is 3.38. The Bertz CT molecular complexity index is 494. The summed E-state index contributed by atoms with van der Waals surface area (Å²) in [5, 5.41) is 9.58. The highest BCUT2D eigenvalue weighted by atomic mass is 32.1. The van der Waals surface area contributed by atoms with Gasteiger partial charge in [-0.3, -0.25) is 4.79 Å². The summed E-state index contributed by atoms with van der Waals surface area (Å²) >= 11 is 1.55. The third-order valence-electron chi connectivity index (χ3n) is 3.31. The maximum atomic E-state index is 12.1. The summed E-state index contributed by atoms with van der Waals surface area (Å²) in [5.74, 6) is -0.0216. The molecular formula is C15H22N2O3S. The zero-order valence-corrected chi connectivity index (χ0v) is 13.5. The highest BCUT2D eigenvalue weighted by Crippen LogP contribution is 2.27. The van der Waals surface area contributed by atoms with Crippen LogP contribution in [0.4, 0.5) is 10.5 Å². The topological polar surface area (TPSA) is 67.4 Å². The van der Waals surface area contributed by atoms with Crippen molar-refractivity contribution < 1.29 is 14.3 Å². The van der Waals surface area contributed by atoms with Gasteiger partial charge in [-0.25, -0.2) is 4.79 Å². The standard InChI is InChI=1S/C15H22N2O3S/c1-15(2,3)20-14(19)17-11-5-4-10(8-11)13(18)16-12-6-7-21-9-12/h6-7,9-11H,4-5,8H2,1-3H3,(H,16,18)(H,17,19)/t10-,11+/m0/s1. The molecule has 0 spiro atoms. The summed E-state index contributed by atoms with van der Waals surface area (Å²) < 4.78 is 5.23. The van der Waals surface area contributed by atoms with Crippen LogP contribution in [-0.4, -0.2) is 23.6 Å². The number of nitrogens with one attached hydrogen (secondary N) is 2. The normalized spacial score (nSPS) is 21.9. The molecule has 21 heavy (non-hydrogen) atoms. The zero-order chi connectivity index (χ0) is 15.5. The van der Waals surface area contributed by atoms with Gasteiger partial charge in [-0.15, -0.1) is 0 Å².